The Morgan fingerprint density at radius 2 is 1.87 bits per heavy atom. The van der Waals surface area contributed by atoms with Gasteiger partial charge in [0.2, 0.25) is 0 Å². The summed E-state index contributed by atoms with van der Waals surface area (Å²) in [6.07, 6.45) is 1.88. The van der Waals surface area contributed by atoms with Gasteiger partial charge in [-0.15, -0.1) is 0 Å². The molecule has 31 heavy (non-hydrogen) atoms. The minimum absolute atomic E-state index is 0.158. The highest BCUT2D eigenvalue weighted by Gasteiger charge is 2.45. The molecule has 1 aromatic carbocycles. The van der Waals surface area contributed by atoms with Gasteiger partial charge < -0.3 is 24.6 Å². The molecule has 7 nitrogen and oxygen atoms in total. The molecule has 0 aromatic heterocycles. The molecule has 1 aromatic rings. The van der Waals surface area contributed by atoms with Gasteiger partial charge in [-0.1, -0.05) is 0 Å². The van der Waals surface area contributed by atoms with Crippen molar-refractivity contribution in [2.75, 3.05) is 44.3 Å². The standard InChI is InChI=1S/C23H32FN3O4/c1-23(2,3)31-22(29)27-13-17(15-4-5-15)19(14-27)25-21(28)16-6-7-20(18(24)12-16)26-8-10-30-11-9-26/h6-7,12,15,17,19H,4-5,8-11,13-14H2,1-3H3,(H,25,28). The second-order valence-electron chi connectivity index (χ2n) is 9.73. The van der Waals surface area contributed by atoms with Gasteiger partial charge in [0.25, 0.3) is 5.91 Å². The minimum Gasteiger partial charge on any atom is -0.444 e. The van der Waals surface area contributed by atoms with Crippen LogP contribution in [0.25, 0.3) is 0 Å². The summed E-state index contributed by atoms with van der Waals surface area (Å²) >= 11 is 0. The van der Waals surface area contributed by atoms with Crippen molar-refractivity contribution >= 4 is 17.7 Å². The van der Waals surface area contributed by atoms with Crippen LogP contribution >= 0.6 is 0 Å². The molecule has 3 fully saturated rings. The van der Waals surface area contributed by atoms with E-state index in [0.29, 0.717) is 56.6 Å². The monoisotopic (exact) mass is 433 g/mol. The molecule has 4 rings (SSSR count). The molecule has 2 saturated heterocycles. The summed E-state index contributed by atoms with van der Waals surface area (Å²) in [5, 5.41) is 3.05. The van der Waals surface area contributed by atoms with Crippen LogP contribution in [0.3, 0.4) is 0 Å². The van der Waals surface area contributed by atoms with Crippen LogP contribution in [0.4, 0.5) is 14.9 Å². The van der Waals surface area contributed by atoms with E-state index in [1.165, 1.54) is 6.07 Å². The number of benzene rings is 1. The van der Waals surface area contributed by atoms with Gasteiger partial charge in [0.05, 0.1) is 24.9 Å². The fraction of sp³-hybridized carbons (Fsp3) is 0.652. The number of nitrogens with one attached hydrogen (secondary N) is 1. The number of hydrogen-bond acceptors (Lipinski definition) is 5. The van der Waals surface area contributed by atoms with Crippen LogP contribution < -0.4 is 10.2 Å². The van der Waals surface area contributed by atoms with Crippen molar-refractivity contribution in [2.24, 2.45) is 11.8 Å². The first-order chi connectivity index (χ1) is 14.7. The fourth-order valence-electron chi connectivity index (χ4n) is 4.42. The summed E-state index contributed by atoms with van der Waals surface area (Å²) < 4.78 is 25.5. The third-order valence-electron chi connectivity index (χ3n) is 6.12. The largest absolute Gasteiger partial charge is 0.444 e. The lowest BCUT2D eigenvalue weighted by atomic mass is 9.97. The number of morpholine rings is 1. The van der Waals surface area contributed by atoms with E-state index in [1.807, 2.05) is 25.7 Å². The van der Waals surface area contributed by atoms with Crippen molar-refractivity contribution < 1.29 is 23.5 Å². The smallest absolute Gasteiger partial charge is 0.410 e. The van der Waals surface area contributed by atoms with Gasteiger partial charge >= 0.3 is 6.09 Å². The van der Waals surface area contributed by atoms with E-state index >= 15 is 0 Å². The lowest BCUT2D eigenvalue weighted by molar-refractivity contribution is 0.0283. The lowest BCUT2D eigenvalue weighted by Crippen LogP contribution is -2.42. The van der Waals surface area contributed by atoms with Crippen LogP contribution in [-0.4, -0.2) is 67.9 Å². The van der Waals surface area contributed by atoms with E-state index in [1.54, 1.807) is 17.0 Å². The molecular formula is C23H32FN3O4. The number of anilines is 1. The highest BCUT2D eigenvalue weighted by atomic mass is 19.1. The third kappa shape index (κ3) is 5.29. The average Bonchev–Trinajstić information content (AvgIpc) is 3.47. The molecule has 1 N–H and O–H groups in total. The van der Waals surface area contributed by atoms with E-state index in [9.17, 15) is 14.0 Å². The molecule has 2 amide bonds. The minimum atomic E-state index is -0.562. The molecule has 3 aliphatic rings. The third-order valence-corrected chi connectivity index (χ3v) is 6.12. The summed E-state index contributed by atoms with van der Waals surface area (Å²) in [5.41, 5.74) is 0.222. The molecule has 1 aliphatic carbocycles. The predicted molar refractivity (Wildman–Crippen MR) is 115 cm³/mol. The molecule has 2 unspecified atom stereocenters. The van der Waals surface area contributed by atoms with Crippen LogP contribution in [0.5, 0.6) is 0 Å². The van der Waals surface area contributed by atoms with E-state index in [4.69, 9.17) is 9.47 Å². The number of amides is 2. The predicted octanol–water partition coefficient (Wildman–Crippen LogP) is 3.04. The number of ether oxygens (including phenoxy) is 2. The Morgan fingerprint density at radius 3 is 2.48 bits per heavy atom. The van der Waals surface area contributed by atoms with Crippen LogP contribution in [0, 0.1) is 17.7 Å². The SMILES string of the molecule is CC(C)(C)OC(=O)N1CC(NC(=O)c2ccc(N3CCOCC3)c(F)c2)C(C2CC2)C1. The number of rotatable bonds is 4. The van der Waals surface area contributed by atoms with Gasteiger partial charge in [0.15, 0.2) is 0 Å². The van der Waals surface area contributed by atoms with Gasteiger partial charge in [0, 0.05) is 37.7 Å². The number of halogens is 1. The topological polar surface area (TPSA) is 71.1 Å². The van der Waals surface area contributed by atoms with E-state index < -0.39 is 11.4 Å². The van der Waals surface area contributed by atoms with Crippen molar-refractivity contribution in [3.05, 3.63) is 29.6 Å². The molecule has 2 heterocycles. The van der Waals surface area contributed by atoms with Gasteiger partial charge in [-0.2, -0.15) is 0 Å². The lowest BCUT2D eigenvalue weighted by Gasteiger charge is -2.29. The molecule has 0 spiro atoms. The zero-order valence-corrected chi connectivity index (χ0v) is 18.5. The summed E-state index contributed by atoms with van der Waals surface area (Å²) in [6.45, 7) is 8.92. The van der Waals surface area contributed by atoms with Gasteiger partial charge in [-0.05, 0) is 57.7 Å². The quantitative estimate of drug-likeness (QED) is 0.790. The molecule has 1 saturated carbocycles. The summed E-state index contributed by atoms with van der Waals surface area (Å²) in [6, 6.07) is 4.47. The number of hydrogen-bond donors (Lipinski definition) is 1. The first-order valence-corrected chi connectivity index (χ1v) is 11.1. The Labute approximate surface area is 182 Å². The molecule has 2 atom stereocenters. The number of nitrogens with zero attached hydrogens (tertiary/aromatic N) is 2. The Kier molecular flexibility index (Phi) is 6.10. The summed E-state index contributed by atoms with van der Waals surface area (Å²) in [4.78, 5) is 29.0. The number of carbonyl (C=O) groups excluding carboxylic acids is 2. The first-order valence-electron chi connectivity index (χ1n) is 11.1. The normalized spacial score (nSPS) is 24.3. The maximum absolute atomic E-state index is 14.7. The zero-order chi connectivity index (χ0) is 22.2. The van der Waals surface area contributed by atoms with Crippen LogP contribution in [0.15, 0.2) is 18.2 Å². The van der Waals surface area contributed by atoms with Crippen molar-refractivity contribution in [2.45, 2.75) is 45.3 Å². The first kappa shape index (κ1) is 21.9. The van der Waals surface area contributed by atoms with Crippen molar-refractivity contribution in [3.8, 4) is 0 Å². The maximum Gasteiger partial charge on any atom is 0.410 e. The Hall–Kier alpha value is -2.35. The highest BCUT2D eigenvalue weighted by Crippen LogP contribution is 2.41. The van der Waals surface area contributed by atoms with E-state index in [0.717, 1.165) is 12.8 Å². The van der Waals surface area contributed by atoms with Crippen LogP contribution in [-0.2, 0) is 9.47 Å². The summed E-state index contributed by atoms with van der Waals surface area (Å²) in [7, 11) is 0. The van der Waals surface area contributed by atoms with E-state index in [2.05, 4.69) is 5.32 Å². The van der Waals surface area contributed by atoms with Gasteiger partial charge in [0.1, 0.15) is 11.4 Å². The highest BCUT2D eigenvalue weighted by molar-refractivity contribution is 5.95. The van der Waals surface area contributed by atoms with Crippen LogP contribution in [0.1, 0.15) is 44.0 Å². The Balaban J connectivity index is 1.42. The molecule has 0 radical (unpaired) electrons. The van der Waals surface area contributed by atoms with Gasteiger partial charge in [-0.25, -0.2) is 9.18 Å². The zero-order valence-electron chi connectivity index (χ0n) is 18.5. The Bertz CT molecular complexity index is 831. The van der Waals surface area contributed by atoms with Crippen molar-refractivity contribution in [3.63, 3.8) is 0 Å². The molecule has 0 bridgehead atoms. The Morgan fingerprint density at radius 1 is 1.16 bits per heavy atom. The van der Waals surface area contributed by atoms with E-state index in [-0.39, 0.29) is 24.0 Å². The summed E-state index contributed by atoms with van der Waals surface area (Å²) in [5.74, 6) is -0.00341. The van der Waals surface area contributed by atoms with Gasteiger partial charge in [-0.3, -0.25) is 4.79 Å². The number of likely N-dealkylation sites (tertiary alicyclic amines) is 1. The molecule has 8 heteroatoms. The molecule has 2 aliphatic heterocycles. The second-order valence-corrected chi connectivity index (χ2v) is 9.73. The maximum atomic E-state index is 14.7. The molecule has 170 valence electrons. The van der Waals surface area contributed by atoms with Crippen molar-refractivity contribution in [1.82, 2.24) is 10.2 Å². The molecular weight excluding hydrogens is 401 g/mol. The second kappa shape index (κ2) is 8.65. The van der Waals surface area contributed by atoms with Crippen molar-refractivity contribution in [1.29, 1.82) is 0 Å². The number of carbonyl (C=O) groups is 2. The van der Waals surface area contributed by atoms with Crippen LogP contribution in [0.2, 0.25) is 0 Å². The average molecular weight is 434 g/mol. The fourth-order valence-corrected chi connectivity index (χ4v) is 4.42.